The number of hydrogen-bond donors (Lipinski definition) is 0. The molecule has 1 heterocycles. The maximum atomic E-state index is 13.3. The first kappa shape index (κ1) is 19.8. The van der Waals surface area contributed by atoms with Crippen LogP contribution in [-0.4, -0.2) is 42.1 Å². The second-order valence-corrected chi connectivity index (χ2v) is 7.40. The number of methoxy groups -OCH3 is 1. The number of nitrogens with zero attached hydrogens (tertiary/aromatic N) is 1. The van der Waals surface area contributed by atoms with Crippen molar-refractivity contribution in [2.24, 2.45) is 0 Å². The Morgan fingerprint density at radius 2 is 1.84 bits per heavy atom. The second-order valence-electron chi connectivity index (χ2n) is 6.59. The summed E-state index contributed by atoms with van der Waals surface area (Å²) in [4.78, 5) is 19.0. The number of thioether (sulfide) groups is 1. The summed E-state index contributed by atoms with van der Waals surface area (Å²) in [5.41, 5.74) is 2.81. The maximum Gasteiger partial charge on any atom is 0.282 e. The topological polar surface area (TPSA) is 48.0 Å². The van der Waals surface area contributed by atoms with Crippen molar-refractivity contribution in [3.05, 3.63) is 40.6 Å². The van der Waals surface area contributed by atoms with E-state index in [2.05, 4.69) is 0 Å². The van der Waals surface area contributed by atoms with Crippen molar-refractivity contribution >= 4 is 23.2 Å². The smallest absolute Gasteiger partial charge is 0.282 e. The summed E-state index contributed by atoms with van der Waals surface area (Å²) in [6.07, 6.45) is 1.42. The zero-order valence-corrected chi connectivity index (χ0v) is 16.8. The lowest BCUT2D eigenvalue weighted by molar-refractivity contribution is -0.276. The molecule has 2 rings (SSSR count). The molecule has 0 spiro atoms. The van der Waals surface area contributed by atoms with E-state index in [-0.39, 0.29) is 5.91 Å². The summed E-state index contributed by atoms with van der Waals surface area (Å²) in [6, 6.07) is 6.00. The quantitative estimate of drug-likeness (QED) is 0.686. The SMILES string of the molecule is COC(C)ON1C(=O)C(c2c(C)cccc2C)=C(OCSC)C1(C)C. The third-order valence-corrected chi connectivity index (χ3v) is 4.68. The third-order valence-electron chi connectivity index (χ3n) is 4.33. The second kappa shape index (κ2) is 7.81. The fraction of sp³-hybridized carbons (Fsp3) is 0.526. The Hall–Kier alpha value is -1.50. The van der Waals surface area contributed by atoms with E-state index in [1.165, 1.54) is 5.06 Å². The van der Waals surface area contributed by atoms with E-state index in [1.807, 2.05) is 52.1 Å². The molecule has 0 N–H and O–H groups in total. The molecule has 1 amide bonds. The Labute approximate surface area is 154 Å². The molecule has 138 valence electrons. The van der Waals surface area contributed by atoms with Crippen LogP contribution in [0.25, 0.3) is 5.57 Å². The molecular weight excluding hydrogens is 338 g/mol. The van der Waals surface area contributed by atoms with Gasteiger partial charge in [-0.05, 0) is 57.6 Å². The molecule has 1 aliphatic rings. The third kappa shape index (κ3) is 3.71. The van der Waals surface area contributed by atoms with E-state index >= 15 is 0 Å². The minimum Gasteiger partial charge on any atom is -0.484 e. The molecule has 5 nitrogen and oxygen atoms in total. The van der Waals surface area contributed by atoms with E-state index < -0.39 is 11.8 Å². The number of ether oxygens (including phenoxy) is 2. The lowest BCUT2D eigenvalue weighted by Crippen LogP contribution is -2.46. The molecule has 1 aromatic carbocycles. The van der Waals surface area contributed by atoms with Gasteiger partial charge in [-0.1, -0.05) is 18.2 Å². The van der Waals surface area contributed by atoms with Gasteiger partial charge in [0.1, 0.15) is 17.2 Å². The van der Waals surface area contributed by atoms with Gasteiger partial charge in [-0.15, -0.1) is 11.8 Å². The molecule has 0 bridgehead atoms. The van der Waals surface area contributed by atoms with Gasteiger partial charge in [-0.25, -0.2) is 9.90 Å². The van der Waals surface area contributed by atoms with Crippen LogP contribution in [0.4, 0.5) is 0 Å². The number of aryl methyl sites for hydroxylation is 2. The summed E-state index contributed by atoms with van der Waals surface area (Å²) in [7, 11) is 1.54. The van der Waals surface area contributed by atoms with Gasteiger partial charge < -0.3 is 9.47 Å². The minimum atomic E-state index is -0.732. The number of carbonyl (C=O) groups excluding carboxylic acids is 1. The lowest BCUT2D eigenvalue weighted by Gasteiger charge is -2.33. The van der Waals surface area contributed by atoms with Crippen LogP contribution in [0.2, 0.25) is 0 Å². The van der Waals surface area contributed by atoms with Crippen LogP contribution in [0.1, 0.15) is 37.5 Å². The predicted molar refractivity (Wildman–Crippen MR) is 101 cm³/mol. The molecule has 0 fully saturated rings. The number of hydroxylamine groups is 2. The molecule has 1 aromatic rings. The largest absolute Gasteiger partial charge is 0.484 e. The average molecular weight is 365 g/mol. The van der Waals surface area contributed by atoms with Gasteiger partial charge in [0, 0.05) is 7.11 Å². The van der Waals surface area contributed by atoms with Crippen LogP contribution < -0.4 is 0 Å². The fourth-order valence-corrected chi connectivity index (χ4v) is 3.25. The van der Waals surface area contributed by atoms with Gasteiger partial charge in [0.2, 0.25) is 0 Å². The maximum absolute atomic E-state index is 13.3. The Morgan fingerprint density at radius 3 is 2.36 bits per heavy atom. The van der Waals surface area contributed by atoms with Gasteiger partial charge in [-0.2, -0.15) is 0 Å². The lowest BCUT2D eigenvalue weighted by atomic mass is 9.93. The van der Waals surface area contributed by atoms with Crippen LogP contribution in [0.3, 0.4) is 0 Å². The number of rotatable bonds is 7. The van der Waals surface area contributed by atoms with E-state index in [0.29, 0.717) is 17.3 Å². The molecule has 0 radical (unpaired) electrons. The molecule has 1 atom stereocenters. The summed E-state index contributed by atoms with van der Waals surface area (Å²) < 4.78 is 11.2. The van der Waals surface area contributed by atoms with Gasteiger partial charge >= 0.3 is 0 Å². The molecular formula is C19H27NO4S. The van der Waals surface area contributed by atoms with Crippen LogP contribution in [0, 0.1) is 13.8 Å². The van der Waals surface area contributed by atoms with Crippen molar-refractivity contribution in [2.75, 3.05) is 19.3 Å². The van der Waals surface area contributed by atoms with Gasteiger partial charge in [0.25, 0.3) is 5.91 Å². The standard InChI is InChI=1S/C19H27NO4S/c1-12-9-8-10-13(2)15(12)16-17(23-11-25-7)19(4,5)20(18(16)21)24-14(3)22-6/h8-10,14H,11H2,1-7H3. The Balaban J connectivity index is 2.60. The van der Waals surface area contributed by atoms with Crippen molar-refractivity contribution in [1.29, 1.82) is 0 Å². The molecule has 6 heteroatoms. The van der Waals surface area contributed by atoms with E-state index in [4.69, 9.17) is 14.3 Å². The summed E-state index contributed by atoms with van der Waals surface area (Å²) >= 11 is 1.56. The summed E-state index contributed by atoms with van der Waals surface area (Å²) in [5, 5.41) is 1.37. The number of amides is 1. The van der Waals surface area contributed by atoms with Gasteiger partial charge in [0.05, 0.1) is 5.57 Å². The van der Waals surface area contributed by atoms with E-state index in [1.54, 1.807) is 25.8 Å². The van der Waals surface area contributed by atoms with Crippen LogP contribution in [0.5, 0.6) is 0 Å². The monoisotopic (exact) mass is 365 g/mol. The first-order valence-corrected chi connectivity index (χ1v) is 9.62. The first-order chi connectivity index (χ1) is 11.8. The average Bonchev–Trinajstić information content (AvgIpc) is 2.73. The highest BCUT2D eigenvalue weighted by molar-refractivity contribution is 7.98. The predicted octanol–water partition coefficient (Wildman–Crippen LogP) is 3.90. The van der Waals surface area contributed by atoms with Gasteiger partial charge in [-0.3, -0.25) is 4.79 Å². The first-order valence-electron chi connectivity index (χ1n) is 8.22. The molecule has 0 saturated carbocycles. The summed E-state index contributed by atoms with van der Waals surface area (Å²) in [6.45, 7) is 9.60. The molecule has 25 heavy (non-hydrogen) atoms. The normalized spacial score (nSPS) is 18.0. The number of carbonyl (C=O) groups is 1. The highest BCUT2D eigenvalue weighted by Gasteiger charge is 2.49. The van der Waals surface area contributed by atoms with Crippen molar-refractivity contribution in [3.63, 3.8) is 0 Å². The van der Waals surface area contributed by atoms with Gasteiger partial charge in [0.15, 0.2) is 6.29 Å². The fourth-order valence-electron chi connectivity index (χ4n) is 3.02. The molecule has 1 aliphatic heterocycles. The van der Waals surface area contributed by atoms with Crippen LogP contribution in [0.15, 0.2) is 24.0 Å². The van der Waals surface area contributed by atoms with Crippen LogP contribution >= 0.6 is 11.8 Å². The van der Waals surface area contributed by atoms with Crippen molar-refractivity contribution < 1.29 is 19.1 Å². The molecule has 0 aliphatic carbocycles. The Morgan fingerprint density at radius 1 is 1.24 bits per heavy atom. The zero-order valence-electron chi connectivity index (χ0n) is 16.0. The zero-order chi connectivity index (χ0) is 18.8. The minimum absolute atomic E-state index is 0.206. The summed E-state index contributed by atoms with van der Waals surface area (Å²) in [5.74, 6) is 0.892. The Bertz CT molecular complexity index is 664. The molecule has 0 aromatic heterocycles. The highest BCUT2D eigenvalue weighted by atomic mass is 32.2. The molecule has 0 saturated heterocycles. The number of hydrogen-bond acceptors (Lipinski definition) is 5. The van der Waals surface area contributed by atoms with Crippen molar-refractivity contribution in [3.8, 4) is 0 Å². The van der Waals surface area contributed by atoms with Crippen LogP contribution in [-0.2, 0) is 19.1 Å². The van der Waals surface area contributed by atoms with E-state index in [9.17, 15) is 4.79 Å². The van der Waals surface area contributed by atoms with Crippen molar-refractivity contribution in [1.82, 2.24) is 5.06 Å². The van der Waals surface area contributed by atoms with Crippen molar-refractivity contribution in [2.45, 2.75) is 46.4 Å². The highest BCUT2D eigenvalue weighted by Crippen LogP contribution is 2.43. The number of benzene rings is 1. The van der Waals surface area contributed by atoms with E-state index in [0.717, 1.165) is 16.7 Å². The molecule has 1 unspecified atom stereocenters. The Kier molecular flexibility index (Phi) is 6.19.